The number of nitrogens with zero attached hydrogens (tertiary/aromatic N) is 3. The highest BCUT2D eigenvalue weighted by atomic mass is 15.7. The number of benzene rings is 2. The Morgan fingerprint density at radius 3 is 2.11 bits per heavy atom. The molecule has 2 aromatic carbocycles. The molecule has 0 amide bonds. The Labute approximate surface area is 112 Å². The molecule has 19 heavy (non-hydrogen) atoms. The van der Waals surface area contributed by atoms with E-state index in [9.17, 15) is 0 Å². The van der Waals surface area contributed by atoms with Gasteiger partial charge in [-0.05, 0) is 31.2 Å². The summed E-state index contributed by atoms with van der Waals surface area (Å²) in [5.74, 6) is 0.874. The number of hydrazine groups is 1. The molecule has 0 radical (unpaired) electrons. The van der Waals surface area contributed by atoms with Crippen molar-refractivity contribution in [2.45, 2.75) is 6.92 Å². The van der Waals surface area contributed by atoms with E-state index in [1.54, 1.807) is 0 Å². The Morgan fingerprint density at radius 2 is 1.47 bits per heavy atom. The molecule has 0 fully saturated rings. The predicted molar refractivity (Wildman–Crippen MR) is 79.0 cm³/mol. The van der Waals surface area contributed by atoms with Gasteiger partial charge in [-0.2, -0.15) is 5.10 Å². The number of amidine groups is 1. The molecule has 0 aliphatic carbocycles. The van der Waals surface area contributed by atoms with Crippen LogP contribution in [-0.4, -0.2) is 12.5 Å². The lowest BCUT2D eigenvalue weighted by molar-refractivity contribution is 0.676. The number of para-hydroxylation sites is 2. The van der Waals surface area contributed by atoms with Crippen LogP contribution in [0.5, 0.6) is 0 Å². The van der Waals surface area contributed by atoms with Gasteiger partial charge in [-0.1, -0.05) is 36.4 Å². The second-order valence-electron chi connectivity index (χ2n) is 4.44. The molecule has 2 aromatic rings. The molecule has 4 heteroatoms. The predicted octanol–water partition coefficient (Wildman–Crippen LogP) is 2.81. The lowest BCUT2D eigenvalue weighted by Gasteiger charge is -2.35. The zero-order chi connectivity index (χ0) is 13.1. The molecule has 0 atom stereocenters. The van der Waals surface area contributed by atoms with Crippen LogP contribution in [0.3, 0.4) is 0 Å². The average Bonchev–Trinajstić information content (AvgIpc) is 2.48. The van der Waals surface area contributed by atoms with Gasteiger partial charge in [0.25, 0.3) is 0 Å². The summed E-state index contributed by atoms with van der Waals surface area (Å²) < 4.78 is 0. The minimum Gasteiger partial charge on any atom is -0.282 e. The largest absolute Gasteiger partial charge is 0.282 e. The summed E-state index contributed by atoms with van der Waals surface area (Å²) in [6.45, 7) is 2.64. The highest BCUT2D eigenvalue weighted by Crippen LogP contribution is 2.19. The van der Waals surface area contributed by atoms with E-state index in [-0.39, 0.29) is 0 Å². The van der Waals surface area contributed by atoms with E-state index in [0.717, 1.165) is 17.2 Å². The number of hydrogen-bond donors (Lipinski definition) is 1. The van der Waals surface area contributed by atoms with E-state index < -0.39 is 0 Å². The fourth-order valence-electron chi connectivity index (χ4n) is 2.09. The summed E-state index contributed by atoms with van der Waals surface area (Å²) in [5.41, 5.74) is 5.48. The molecular weight excluding hydrogens is 236 g/mol. The summed E-state index contributed by atoms with van der Waals surface area (Å²) in [6.07, 6.45) is 0. The van der Waals surface area contributed by atoms with Gasteiger partial charge >= 0.3 is 0 Å². The quantitative estimate of drug-likeness (QED) is 0.891. The third-order valence-corrected chi connectivity index (χ3v) is 2.96. The van der Waals surface area contributed by atoms with E-state index in [0.29, 0.717) is 6.67 Å². The lowest BCUT2D eigenvalue weighted by Crippen LogP contribution is -2.51. The Morgan fingerprint density at radius 1 is 0.895 bits per heavy atom. The molecule has 0 spiro atoms. The number of hydrazone groups is 1. The molecule has 96 valence electrons. The maximum atomic E-state index is 4.53. The van der Waals surface area contributed by atoms with Gasteiger partial charge in [0.1, 0.15) is 12.5 Å². The molecular formula is C15H16N4. The molecule has 0 aromatic heterocycles. The van der Waals surface area contributed by atoms with E-state index in [2.05, 4.69) is 39.8 Å². The normalized spacial score (nSPS) is 14.9. The van der Waals surface area contributed by atoms with E-state index in [1.807, 2.05) is 48.3 Å². The number of rotatable bonds is 2. The summed E-state index contributed by atoms with van der Waals surface area (Å²) in [7, 11) is 0. The van der Waals surface area contributed by atoms with Crippen molar-refractivity contribution in [1.29, 1.82) is 0 Å². The van der Waals surface area contributed by atoms with Crippen LogP contribution in [0, 0.1) is 0 Å². The van der Waals surface area contributed by atoms with Gasteiger partial charge in [0.05, 0.1) is 11.4 Å². The van der Waals surface area contributed by atoms with Crippen molar-refractivity contribution in [1.82, 2.24) is 5.43 Å². The van der Waals surface area contributed by atoms with Crippen molar-refractivity contribution in [3.05, 3.63) is 60.7 Å². The summed E-state index contributed by atoms with van der Waals surface area (Å²) in [6, 6.07) is 20.4. The zero-order valence-corrected chi connectivity index (χ0v) is 10.8. The Balaban J connectivity index is 1.87. The van der Waals surface area contributed by atoms with Crippen LogP contribution in [0.2, 0.25) is 0 Å². The molecule has 4 nitrogen and oxygen atoms in total. The van der Waals surface area contributed by atoms with Gasteiger partial charge < -0.3 is 0 Å². The number of anilines is 2. The molecule has 1 heterocycles. The second-order valence-corrected chi connectivity index (χ2v) is 4.44. The van der Waals surface area contributed by atoms with E-state index in [4.69, 9.17) is 0 Å². The zero-order valence-electron chi connectivity index (χ0n) is 10.8. The summed E-state index contributed by atoms with van der Waals surface area (Å²) in [4.78, 5) is 0. The van der Waals surface area contributed by atoms with E-state index >= 15 is 0 Å². The standard InChI is InChI=1S/C15H16N4/c1-13-16-18(14-8-4-2-5-9-14)12-19(17-13)15-10-6-3-7-11-15/h2-11H,12H2,1H3,(H,16,17). The topological polar surface area (TPSA) is 30.9 Å². The average molecular weight is 252 g/mol. The van der Waals surface area contributed by atoms with Gasteiger partial charge in [0.2, 0.25) is 0 Å². The molecule has 0 unspecified atom stereocenters. The molecule has 0 bridgehead atoms. The van der Waals surface area contributed by atoms with Crippen LogP contribution in [-0.2, 0) is 0 Å². The van der Waals surface area contributed by atoms with Gasteiger partial charge in [0, 0.05) is 0 Å². The number of hydrogen-bond acceptors (Lipinski definition) is 4. The smallest absolute Gasteiger partial charge is 0.138 e. The Hall–Kier alpha value is -2.49. The van der Waals surface area contributed by atoms with Crippen LogP contribution in [0.15, 0.2) is 65.8 Å². The van der Waals surface area contributed by atoms with Gasteiger partial charge in [-0.3, -0.25) is 10.4 Å². The van der Waals surface area contributed by atoms with Crippen LogP contribution in [0.4, 0.5) is 11.4 Å². The second kappa shape index (κ2) is 5.02. The molecule has 0 saturated carbocycles. The molecule has 1 aliphatic heterocycles. The first-order valence-electron chi connectivity index (χ1n) is 6.30. The highest BCUT2D eigenvalue weighted by Gasteiger charge is 2.17. The van der Waals surface area contributed by atoms with Gasteiger partial charge in [-0.15, -0.1) is 0 Å². The summed E-state index contributed by atoms with van der Waals surface area (Å²) >= 11 is 0. The van der Waals surface area contributed by atoms with Crippen molar-refractivity contribution >= 4 is 17.2 Å². The highest BCUT2D eigenvalue weighted by molar-refractivity contribution is 5.83. The van der Waals surface area contributed by atoms with Gasteiger partial charge in [-0.25, -0.2) is 5.01 Å². The van der Waals surface area contributed by atoms with E-state index in [1.165, 1.54) is 0 Å². The van der Waals surface area contributed by atoms with Crippen LogP contribution in [0.25, 0.3) is 0 Å². The maximum absolute atomic E-state index is 4.53. The van der Waals surface area contributed by atoms with Crippen molar-refractivity contribution in [2.24, 2.45) is 5.10 Å². The Kier molecular flexibility index (Phi) is 3.06. The third-order valence-electron chi connectivity index (χ3n) is 2.96. The first-order chi connectivity index (χ1) is 9.33. The van der Waals surface area contributed by atoms with Crippen molar-refractivity contribution in [3.8, 4) is 0 Å². The fourth-order valence-corrected chi connectivity index (χ4v) is 2.09. The minimum atomic E-state index is 0.672. The van der Waals surface area contributed by atoms with Crippen LogP contribution >= 0.6 is 0 Å². The number of nitrogens with one attached hydrogen (secondary N) is 1. The minimum absolute atomic E-state index is 0.672. The molecule has 1 aliphatic rings. The molecule has 3 rings (SSSR count). The first-order valence-corrected chi connectivity index (χ1v) is 6.30. The van der Waals surface area contributed by atoms with Crippen LogP contribution < -0.4 is 15.4 Å². The monoisotopic (exact) mass is 252 g/mol. The third kappa shape index (κ3) is 2.52. The molecule has 1 N–H and O–H groups in total. The van der Waals surface area contributed by atoms with Crippen molar-refractivity contribution in [2.75, 3.05) is 16.7 Å². The first kappa shape index (κ1) is 11.6. The Bertz CT molecular complexity index is 565. The van der Waals surface area contributed by atoms with Crippen LogP contribution in [0.1, 0.15) is 6.92 Å². The van der Waals surface area contributed by atoms with Crippen molar-refractivity contribution < 1.29 is 0 Å². The van der Waals surface area contributed by atoms with Gasteiger partial charge in [0.15, 0.2) is 0 Å². The lowest BCUT2D eigenvalue weighted by atomic mass is 10.3. The molecule has 0 saturated heterocycles. The fraction of sp³-hybridized carbons (Fsp3) is 0.133. The summed E-state index contributed by atoms with van der Waals surface area (Å²) in [5, 5.41) is 8.59. The maximum Gasteiger partial charge on any atom is 0.138 e. The SMILES string of the molecule is CC1=NN(c2ccccc2)CN(c2ccccc2)N1. The van der Waals surface area contributed by atoms with Crippen molar-refractivity contribution in [3.63, 3.8) is 0 Å².